The van der Waals surface area contributed by atoms with Crippen LogP contribution in [0.2, 0.25) is 5.02 Å². The molecule has 0 rings (SSSR count). The molecule has 0 bridgehead atoms. The molecule has 70 valence electrons. The van der Waals surface area contributed by atoms with Gasteiger partial charge in [-0.3, -0.25) is 0 Å². The zero-order valence-corrected chi connectivity index (χ0v) is 13.2. The Morgan fingerprint density at radius 3 is 2.17 bits per heavy atom. The second kappa shape index (κ2) is 12.1. The van der Waals surface area contributed by atoms with E-state index in [-0.39, 0.29) is 17.0 Å². The van der Waals surface area contributed by atoms with Crippen LogP contribution in [-0.4, -0.2) is 0 Å². The summed E-state index contributed by atoms with van der Waals surface area (Å²) < 4.78 is 0. The molecule has 1 atom stereocenters. The summed E-state index contributed by atoms with van der Waals surface area (Å²) in [6, 6.07) is 0. The third-order valence-corrected chi connectivity index (χ3v) is 4.36. The van der Waals surface area contributed by atoms with Crippen molar-refractivity contribution in [2.24, 2.45) is 5.92 Å². The summed E-state index contributed by atoms with van der Waals surface area (Å²) in [5, 5.41) is 1.48. The largest absolute Gasteiger partial charge is 1.00 e. The maximum absolute atomic E-state index is 2.39. The Morgan fingerprint density at radius 2 is 1.67 bits per heavy atom. The maximum Gasteiger partial charge on any atom is -1.00 e. The zero-order valence-electron chi connectivity index (χ0n) is 8.61. The van der Waals surface area contributed by atoms with Crippen LogP contribution in [0.15, 0.2) is 0 Å². The molecule has 0 radical (unpaired) electrons. The Hall–Kier alpha value is 1.10. The average Bonchev–Trinajstić information content (AvgIpc) is 2.04. The molecule has 0 spiro atoms. The Morgan fingerprint density at radius 1 is 1.08 bits per heavy atom. The van der Waals surface area contributed by atoms with Crippen molar-refractivity contribution in [1.29, 1.82) is 0 Å². The summed E-state index contributed by atoms with van der Waals surface area (Å²) in [6.45, 7) is 4.67. The van der Waals surface area contributed by atoms with Crippen molar-refractivity contribution in [3.63, 3.8) is 0 Å². The number of unbranched alkanes of at least 4 members (excludes halogenated alkanes) is 4. The predicted octanol–water partition coefficient (Wildman–Crippen LogP) is 0.952. The Kier molecular flexibility index (Phi) is 15.7. The first kappa shape index (κ1) is 15.6. The molecular formula is C10H21BrZn. The summed E-state index contributed by atoms with van der Waals surface area (Å²) in [5.74, 6) is 1.01. The molecule has 0 amide bonds. The van der Waals surface area contributed by atoms with Gasteiger partial charge >= 0.3 is 81.6 Å². The molecule has 0 aliphatic rings. The van der Waals surface area contributed by atoms with Crippen LogP contribution < -0.4 is 17.0 Å². The van der Waals surface area contributed by atoms with Gasteiger partial charge in [-0.1, -0.05) is 0 Å². The SMILES string of the molecule is CCCCCCCC(C)[CH2][Zn+].[Br-]. The van der Waals surface area contributed by atoms with Crippen molar-refractivity contribution < 1.29 is 35.3 Å². The molecule has 0 aromatic carbocycles. The van der Waals surface area contributed by atoms with Crippen LogP contribution in [-0.2, 0) is 18.3 Å². The molecule has 0 aliphatic carbocycles. The first-order valence-corrected chi connectivity index (χ1v) is 7.20. The van der Waals surface area contributed by atoms with Gasteiger partial charge in [0.25, 0.3) is 0 Å². The standard InChI is InChI=1S/C10H21.BrH.Zn/c1-4-5-6-7-8-9-10(2)3;;/h10H,2,4-9H2,1,3H3;1H;/q;;+1/p-1. The van der Waals surface area contributed by atoms with Crippen molar-refractivity contribution in [3.05, 3.63) is 0 Å². The van der Waals surface area contributed by atoms with Gasteiger partial charge in [-0.25, -0.2) is 0 Å². The minimum absolute atomic E-state index is 0. The first-order chi connectivity index (χ1) is 5.31. The van der Waals surface area contributed by atoms with Gasteiger partial charge in [-0.2, -0.15) is 0 Å². The van der Waals surface area contributed by atoms with Gasteiger partial charge in [0.05, 0.1) is 0 Å². The number of hydrogen-bond acceptors (Lipinski definition) is 0. The maximum atomic E-state index is 2.39. The minimum atomic E-state index is 0. The van der Waals surface area contributed by atoms with Gasteiger partial charge in [0.1, 0.15) is 0 Å². The van der Waals surface area contributed by atoms with Gasteiger partial charge in [0.2, 0.25) is 0 Å². The van der Waals surface area contributed by atoms with Crippen LogP contribution in [0.1, 0.15) is 52.4 Å². The van der Waals surface area contributed by atoms with Crippen LogP contribution >= 0.6 is 0 Å². The smallest absolute Gasteiger partial charge is 1.00 e. The van der Waals surface area contributed by atoms with E-state index >= 15 is 0 Å². The van der Waals surface area contributed by atoms with Gasteiger partial charge in [-0.05, 0) is 0 Å². The molecule has 0 saturated carbocycles. The zero-order chi connectivity index (χ0) is 8.53. The quantitative estimate of drug-likeness (QED) is 0.483. The molecule has 12 heavy (non-hydrogen) atoms. The van der Waals surface area contributed by atoms with Gasteiger partial charge in [0, 0.05) is 0 Å². The average molecular weight is 287 g/mol. The van der Waals surface area contributed by atoms with Crippen molar-refractivity contribution in [3.8, 4) is 0 Å². The van der Waals surface area contributed by atoms with Crippen molar-refractivity contribution in [1.82, 2.24) is 0 Å². The molecule has 0 heterocycles. The number of rotatable bonds is 7. The van der Waals surface area contributed by atoms with E-state index in [4.69, 9.17) is 0 Å². The predicted molar refractivity (Wildman–Crippen MR) is 47.3 cm³/mol. The Balaban J connectivity index is 0. The molecule has 2 heteroatoms. The third-order valence-electron chi connectivity index (χ3n) is 2.29. The summed E-state index contributed by atoms with van der Waals surface area (Å²) in [5.41, 5.74) is 0. The van der Waals surface area contributed by atoms with E-state index in [2.05, 4.69) is 13.8 Å². The fourth-order valence-electron chi connectivity index (χ4n) is 1.24. The Labute approximate surface area is 98.3 Å². The van der Waals surface area contributed by atoms with Gasteiger partial charge in [0.15, 0.2) is 0 Å². The van der Waals surface area contributed by atoms with Gasteiger partial charge in [-0.15, -0.1) is 0 Å². The summed E-state index contributed by atoms with van der Waals surface area (Å²) >= 11 is 1.48. The molecular weight excluding hydrogens is 265 g/mol. The van der Waals surface area contributed by atoms with Crippen LogP contribution in [0, 0.1) is 5.92 Å². The molecule has 0 aliphatic heterocycles. The van der Waals surface area contributed by atoms with Crippen LogP contribution in [0.25, 0.3) is 0 Å². The van der Waals surface area contributed by atoms with E-state index in [1.54, 1.807) is 0 Å². The van der Waals surface area contributed by atoms with E-state index in [9.17, 15) is 0 Å². The third kappa shape index (κ3) is 11.1. The fourth-order valence-corrected chi connectivity index (χ4v) is 1.85. The van der Waals surface area contributed by atoms with Crippen molar-refractivity contribution in [2.45, 2.75) is 57.4 Å². The molecule has 0 nitrogen and oxygen atoms in total. The first-order valence-electron chi connectivity index (χ1n) is 5.10. The number of hydrogen-bond donors (Lipinski definition) is 0. The van der Waals surface area contributed by atoms with Crippen LogP contribution in [0.5, 0.6) is 0 Å². The monoisotopic (exact) mass is 284 g/mol. The summed E-state index contributed by atoms with van der Waals surface area (Å²) in [6.07, 6.45) is 8.69. The molecule has 0 saturated heterocycles. The molecule has 0 aromatic rings. The van der Waals surface area contributed by atoms with E-state index in [1.165, 1.54) is 61.8 Å². The van der Waals surface area contributed by atoms with Crippen LogP contribution in [0.3, 0.4) is 0 Å². The van der Waals surface area contributed by atoms with Gasteiger partial charge < -0.3 is 17.0 Å². The second-order valence-corrected chi connectivity index (χ2v) is 4.81. The topological polar surface area (TPSA) is 0 Å². The van der Waals surface area contributed by atoms with E-state index in [0.717, 1.165) is 5.92 Å². The second-order valence-electron chi connectivity index (χ2n) is 3.60. The minimum Gasteiger partial charge on any atom is -1.00 e. The van der Waals surface area contributed by atoms with Crippen LogP contribution in [0.4, 0.5) is 0 Å². The van der Waals surface area contributed by atoms with Crippen molar-refractivity contribution >= 4 is 0 Å². The molecule has 0 aromatic heterocycles. The van der Waals surface area contributed by atoms with Crippen molar-refractivity contribution in [2.75, 3.05) is 0 Å². The Bertz CT molecular complexity index is 76.2. The normalized spacial score (nSPS) is 12.3. The number of halogens is 1. The van der Waals surface area contributed by atoms with E-state index in [0.29, 0.717) is 0 Å². The summed E-state index contributed by atoms with van der Waals surface area (Å²) in [4.78, 5) is 0. The fraction of sp³-hybridized carbons (Fsp3) is 1.00. The molecule has 1 unspecified atom stereocenters. The molecule has 0 fully saturated rings. The van der Waals surface area contributed by atoms with E-state index in [1.807, 2.05) is 0 Å². The van der Waals surface area contributed by atoms with E-state index < -0.39 is 0 Å². The summed E-state index contributed by atoms with van der Waals surface area (Å²) in [7, 11) is 0. The molecule has 0 N–H and O–H groups in total.